The standard InChI is InChI=1S/C27H33N3O2/c1-19-24(25(32-29-19)22-8-5-15-28-17-22)26(31)30-16-6-7-21(18-30)10-9-20-11-13-23(14-12-20)27(2,3)4/h5,8,11-15,17,21H,6-7,9-10,16,18H2,1-4H3/t21-/m1/s1. The van der Waals surface area contributed by atoms with Crippen LogP contribution in [0, 0.1) is 12.8 Å². The Morgan fingerprint density at radius 2 is 1.97 bits per heavy atom. The Bertz CT molecular complexity index is 1050. The van der Waals surface area contributed by atoms with E-state index in [0.717, 1.165) is 37.9 Å². The summed E-state index contributed by atoms with van der Waals surface area (Å²) in [5, 5.41) is 4.08. The number of nitrogens with zero attached hydrogens (tertiary/aromatic N) is 3. The molecular formula is C27H33N3O2. The fraction of sp³-hybridized carbons (Fsp3) is 0.444. The Balaban J connectivity index is 1.41. The van der Waals surface area contributed by atoms with Gasteiger partial charge < -0.3 is 9.42 Å². The van der Waals surface area contributed by atoms with Gasteiger partial charge in [0.2, 0.25) is 0 Å². The molecular weight excluding hydrogens is 398 g/mol. The molecule has 168 valence electrons. The van der Waals surface area contributed by atoms with Crippen molar-refractivity contribution in [2.45, 2.75) is 58.8 Å². The molecule has 0 N–H and O–H groups in total. The van der Waals surface area contributed by atoms with Crippen LogP contribution in [0.25, 0.3) is 11.3 Å². The summed E-state index contributed by atoms with van der Waals surface area (Å²) in [6, 6.07) is 12.8. The Morgan fingerprint density at radius 1 is 1.19 bits per heavy atom. The fourth-order valence-corrected chi connectivity index (χ4v) is 4.50. The first-order valence-electron chi connectivity index (χ1n) is 11.6. The molecule has 1 fully saturated rings. The number of likely N-dealkylation sites (tertiary alicyclic amines) is 1. The predicted molar refractivity (Wildman–Crippen MR) is 127 cm³/mol. The fourth-order valence-electron chi connectivity index (χ4n) is 4.50. The molecule has 0 aliphatic carbocycles. The van der Waals surface area contributed by atoms with Crippen LogP contribution in [0.2, 0.25) is 0 Å². The highest BCUT2D eigenvalue weighted by Gasteiger charge is 2.30. The van der Waals surface area contributed by atoms with Crippen molar-refractivity contribution in [1.29, 1.82) is 0 Å². The van der Waals surface area contributed by atoms with Crippen LogP contribution in [0.1, 0.15) is 67.2 Å². The van der Waals surface area contributed by atoms with Crippen LogP contribution >= 0.6 is 0 Å². The van der Waals surface area contributed by atoms with E-state index >= 15 is 0 Å². The highest BCUT2D eigenvalue weighted by molar-refractivity contribution is 6.00. The van der Waals surface area contributed by atoms with Gasteiger partial charge in [0.05, 0.1) is 5.69 Å². The minimum absolute atomic E-state index is 0.0156. The number of amides is 1. The van der Waals surface area contributed by atoms with Crippen molar-refractivity contribution >= 4 is 5.91 Å². The maximum atomic E-state index is 13.4. The highest BCUT2D eigenvalue weighted by Crippen LogP contribution is 2.30. The first-order valence-corrected chi connectivity index (χ1v) is 11.6. The van der Waals surface area contributed by atoms with Gasteiger partial charge in [0.1, 0.15) is 5.56 Å². The summed E-state index contributed by atoms with van der Waals surface area (Å²) in [5.74, 6) is 1.04. The van der Waals surface area contributed by atoms with Crippen molar-refractivity contribution in [3.05, 3.63) is 71.2 Å². The van der Waals surface area contributed by atoms with E-state index in [1.54, 1.807) is 12.4 Å². The number of piperidine rings is 1. The summed E-state index contributed by atoms with van der Waals surface area (Å²) < 4.78 is 5.52. The van der Waals surface area contributed by atoms with Gasteiger partial charge in [0.25, 0.3) is 5.91 Å². The van der Waals surface area contributed by atoms with Crippen molar-refractivity contribution in [2.75, 3.05) is 13.1 Å². The number of aryl methyl sites for hydroxylation is 2. The van der Waals surface area contributed by atoms with Crippen molar-refractivity contribution < 1.29 is 9.32 Å². The lowest BCUT2D eigenvalue weighted by molar-refractivity contribution is 0.0668. The third kappa shape index (κ3) is 4.93. The number of hydrogen-bond donors (Lipinski definition) is 0. The number of carbonyl (C=O) groups is 1. The number of aromatic nitrogens is 2. The van der Waals surface area contributed by atoms with E-state index in [9.17, 15) is 4.79 Å². The third-order valence-corrected chi connectivity index (χ3v) is 6.47. The van der Waals surface area contributed by atoms with Crippen LogP contribution in [-0.4, -0.2) is 34.0 Å². The first-order chi connectivity index (χ1) is 15.3. The second-order valence-corrected chi connectivity index (χ2v) is 9.96. The Morgan fingerprint density at radius 3 is 2.66 bits per heavy atom. The van der Waals surface area contributed by atoms with E-state index in [1.165, 1.54) is 17.5 Å². The van der Waals surface area contributed by atoms with Crippen LogP contribution in [0.3, 0.4) is 0 Å². The molecule has 1 aromatic carbocycles. The Hall–Kier alpha value is -2.95. The topological polar surface area (TPSA) is 59.2 Å². The molecule has 5 heteroatoms. The van der Waals surface area contributed by atoms with Crippen molar-refractivity contribution in [3.63, 3.8) is 0 Å². The van der Waals surface area contributed by atoms with Gasteiger partial charge in [-0.15, -0.1) is 0 Å². The minimum atomic E-state index is 0.0156. The summed E-state index contributed by atoms with van der Waals surface area (Å²) in [7, 11) is 0. The Labute approximate surface area is 190 Å². The van der Waals surface area contributed by atoms with E-state index in [4.69, 9.17) is 4.52 Å². The molecule has 0 radical (unpaired) electrons. The minimum Gasteiger partial charge on any atom is -0.355 e. The maximum absolute atomic E-state index is 13.4. The highest BCUT2D eigenvalue weighted by atomic mass is 16.5. The molecule has 3 aromatic rings. The van der Waals surface area contributed by atoms with Gasteiger partial charge in [-0.05, 0) is 67.2 Å². The number of rotatable bonds is 5. The van der Waals surface area contributed by atoms with Gasteiger partial charge >= 0.3 is 0 Å². The molecule has 1 aliphatic heterocycles. The summed E-state index contributed by atoms with van der Waals surface area (Å²) >= 11 is 0. The van der Waals surface area contributed by atoms with E-state index in [-0.39, 0.29) is 11.3 Å². The molecule has 4 rings (SSSR count). The van der Waals surface area contributed by atoms with Gasteiger partial charge in [-0.25, -0.2) is 0 Å². The van der Waals surface area contributed by atoms with E-state index in [1.807, 2.05) is 24.0 Å². The van der Waals surface area contributed by atoms with Gasteiger partial charge in [-0.1, -0.05) is 50.2 Å². The van der Waals surface area contributed by atoms with Crippen molar-refractivity contribution in [3.8, 4) is 11.3 Å². The normalized spacial score (nSPS) is 16.9. The van der Waals surface area contributed by atoms with Crippen LogP contribution < -0.4 is 0 Å². The molecule has 0 spiro atoms. The molecule has 0 bridgehead atoms. The molecule has 1 aliphatic rings. The second-order valence-electron chi connectivity index (χ2n) is 9.96. The average Bonchev–Trinajstić information content (AvgIpc) is 3.19. The first kappa shape index (κ1) is 22.3. The largest absolute Gasteiger partial charge is 0.355 e. The lowest BCUT2D eigenvalue weighted by atomic mass is 9.86. The summed E-state index contributed by atoms with van der Waals surface area (Å²) in [6.07, 6.45) is 7.76. The number of pyridine rings is 1. The Kier molecular flexibility index (Phi) is 6.45. The SMILES string of the molecule is Cc1noc(-c2cccnc2)c1C(=O)N1CCC[C@H](CCc2ccc(C(C)(C)C)cc2)C1. The van der Waals surface area contributed by atoms with Gasteiger partial charge in [-0.2, -0.15) is 0 Å². The van der Waals surface area contributed by atoms with Crippen molar-refractivity contribution in [1.82, 2.24) is 15.0 Å². The molecule has 32 heavy (non-hydrogen) atoms. The van der Waals surface area contributed by atoms with E-state index in [2.05, 4.69) is 55.2 Å². The summed E-state index contributed by atoms with van der Waals surface area (Å²) in [4.78, 5) is 19.6. The summed E-state index contributed by atoms with van der Waals surface area (Å²) in [5.41, 5.74) is 4.90. The monoisotopic (exact) mass is 431 g/mol. The lowest BCUT2D eigenvalue weighted by Gasteiger charge is -2.33. The quantitative estimate of drug-likeness (QED) is 0.510. The third-order valence-electron chi connectivity index (χ3n) is 6.47. The van der Waals surface area contributed by atoms with Gasteiger partial charge in [-0.3, -0.25) is 9.78 Å². The number of carbonyl (C=O) groups excluding carboxylic acids is 1. The van der Waals surface area contributed by atoms with Crippen LogP contribution in [0.4, 0.5) is 0 Å². The van der Waals surface area contributed by atoms with E-state index < -0.39 is 0 Å². The molecule has 5 nitrogen and oxygen atoms in total. The number of benzene rings is 1. The number of hydrogen-bond acceptors (Lipinski definition) is 4. The van der Waals surface area contributed by atoms with Crippen LogP contribution in [0.15, 0.2) is 53.3 Å². The zero-order chi connectivity index (χ0) is 22.7. The molecule has 2 aromatic heterocycles. The van der Waals surface area contributed by atoms with Crippen LogP contribution in [0.5, 0.6) is 0 Å². The molecule has 1 atom stereocenters. The molecule has 0 saturated carbocycles. The molecule has 3 heterocycles. The smallest absolute Gasteiger partial charge is 0.259 e. The zero-order valence-corrected chi connectivity index (χ0v) is 19.6. The van der Waals surface area contributed by atoms with Crippen molar-refractivity contribution in [2.24, 2.45) is 5.92 Å². The van der Waals surface area contributed by atoms with Gasteiger partial charge in [0, 0.05) is 31.0 Å². The molecule has 1 saturated heterocycles. The lowest BCUT2D eigenvalue weighted by Crippen LogP contribution is -2.40. The maximum Gasteiger partial charge on any atom is 0.259 e. The second kappa shape index (κ2) is 9.27. The predicted octanol–water partition coefficient (Wildman–Crippen LogP) is 5.83. The average molecular weight is 432 g/mol. The van der Waals surface area contributed by atoms with Crippen LogP contribution in [-0.2, 0) is 11.8 Å². The summed E-state index contributed by atoms with van der Waals surface area (Å²) in [6.45, 7) is 10.1. The zero-order valence-electron chi connectivity index (χ0n) is 19.6. The van der Waals surface area contributed by atoms with E-state index in [0.29, 0.717) is 22.9 Å². The van der Waals surface area contributed by atoms with Gasteiger partial charge in [0.15, 0.2) is 5.76 Å². The molecule has 0 unspecified atom stereocenters. The molecule has 1 amide bonds.